The summed E-state index contributed by atoms with van der Waals surface area (Å²) in [4.78, 5) is 0.188. The van der Waals surface area contributed by atoms with Crippen molar-refractivity contribution in [2.45, 2.75) is 18.2 Å². The zero-order chi connectivity index (χ0) is 15.2. The maximum Gasteiger partial charge on any atom is 0.240 e. The monoisotopic (exact) mass is 303 g/mol. The van der Waals surface area contributed by atoms with Gasteiger partial charge in [-0.3, -0.25) is 0 Å². The first-order chi connectivity index (χ1) is 9.46. The van der Waals surface area contributed by atoms with Gasteiger partial charge in [0.1, 0.15) is 0 Å². The standard InChI is InChI=1S/C13H21NO5S/c1-10-8-11(18-3)12(19-4)9-13(10)20(15,16)14-6-5-7-17-2/h8-9,14H,5-7H2,1-4H3. The molecule has 0 aliphatic heterocycles. The Bertz CT molecular complexity index is 542. The Kier molecular flexibility index (Phi) is 6.25. The van der Waals surface area contributed by atoms with Gasteiger partial charge in [-0.15, -0.1) is 0 Å². The fourth-order valence-corrected chi connectivity index (χ4v) is 3.07. The third-order valence-electron chi connectivity index (χ3n) is 2.79. The predicted molar refractivity (Wildman–Crippen MR) is 76.0 cm³/mol. The largest absolute Gasteiger partial charge is 0.493 e. The van der Waals surface area contributed by atoms with Crippen LogP contribution in [0.15, 0.2) is 17.0 Å². The third-order valence-corrected chi connectivity index (χ3v) is 4.39. The van der Waals surface area contributed by atoms with Crippen LogP contribution in [0, 0.1) is 6.92 Å². The van der Waals surface area contributed by atoms with E-state index in [1.165, 1.54) is 20.3 Å². The van der Waals surface area contributed by atoms with Crippen LogP contribution >= 0.6 is 0 Å². The smallest absolute Gasteiger partial charge is 0.240 e. The fraction of sp³-hybridized carbons (Fsp3) is 0.538. The fourth-order valence-electron chi connectivity index (χ4n) is 1.75. The molecule has 7 heteroatoms. The topological polar surface area (TPSA) is 73.9 Å². The van der Waals surface area contributed by atoms with Gasteiger partial charge in [-0.25, -0.2) is 13.1 Å². The van der Waals surface area contributed by atoms with Crippen LogP contribution in [0.5, 0.6) is 11.5 Å². The van der Waals surface area contributed by atoms with E-state index >= 15 is 0 Å². The number of ether oxygens (including phenoxy) is 3. The molecule has 0 aliphatic rings. The molecule has 0 heterocycles. The molecule has 0 radical (unpaired) electrons. The molecular weight excluding hydrogens is 282 g/mol. The van der Waals surface area contributed by atoms with E-state index in [4.69, 9.17) is 14.2 Å². The quantitative estimate of drug-likeness (QED) is 0.733. The maximum atomic E-state index is 12.2. The van der Waals surface area contributed by atoms with Gasteiger partial charge in [-0.2, -0.15) is 0 Å². The van der Waals surface area contributed by atoms with Crippen molar-refractivity contribution in [1.29, 1.82) is 0 Å². The predicted octanol–water partition coefficient (Wildman–Crippen LogP) is 1.33. The van der Waals surface area contributed by atoms with Gasteiger partial charge in [0.2, 0.25) is 10.0 Å². The summed E-state index contributed by atoms with van der Waals surface area (Å²) in [6, 6.07) is 3.11. The van der Waals surface area contributed by atoms with E-state index in [0.29, 0.717) is 36.6 Å². The Labute approximate surface area is 120 Å². The molecule has 6 nitrogen and oxygen atoms in total. The van der Waals surface area contributed by atoms with E-state index in [1.54, 1.807) is 20.1 Å². The van der Waals surface area contributed by atoms with E-state index in [-0.39, 0.29) is 4.90 Å². The van der Waals surface area contributed by atoms with E-state index in [2.05, 4.69) is 4.72 Å². The van der Waals surface area contributed by atoms with Gasteiger partial charge in [0.15, 0.2) is 11.5 Å². The summed E-state index contributed by atoms with van der Waals surface area (Å²) in [6.07, 6.45) is 0.613. The molecule has 1 rings (SSSR count). The first kappa shape index (κ1) is 16.7. The number of aryl methyl sites for hydroxylation is 1. The number of rotatable bonds is 8. The normalized spacial score (nSPS) is 11.4. The van der Waals surface area contributed by atoms with Gasteiger partial charge in [-0.05, 0) is 25.0 Å². The summed E-state index contributed by atoms with van der Waals surface area (Å²) in [5.74, 6) is 0.888. The van der Waals surface area contributed by atoms with E-state index < -0.39 is 10.0 Å². The van der Waals surface area contributed by atoms with Crippen LogP contribution in [-0.2, 0) is 14.8 Å². The lowest BCUT2D eigenvalue weighted by atomic mass is 10.2. The van der Waals surface area contributed by atoms with Crippen molar-refractivity contribution < 1.29 is 22.6 Å². The van der Waals surface area contributed by atoms with Crippen LogP contribution in [0.2, 0.25) is 0 Å². The van der Waals surface area contributed by atoms with Gasteiger partial charge in [0, 0.05) is 26.3 Å². The molecular formula is C13H21NO5S. The first-order valence-electron chi connectivity index (χ1n) is 6.17. The van der Waals surface area contributed by atoms with Gasteiger partial charge in [0.05, 0.1) is 19.1 Å². The average molecular weight is 303 g/mol. The summed E-state index contributed by atoms with van der Waals surface area (Å²) in [6.45, 7) is 2.54. The molecule has 1 aromatic carbocycles. The number of methoxy groups -OCH3 is 3. The highest BCUT2D eigenvalue weighted by atomic mass is 32.2. The zero-order valence-electron chi connectivity index (χ0n) is 12.2. The molecule has 0 saturated carbocycles. The number of sulfonamides is 1. The van der Waals surface area contributed by atoms with Gasteiger partial charge in [0.25, 0.3) is 0 Å². The summed E-state index contributed by atoms with van der Waals surface area (Å²) >= 11 is 0. The maximum absolute atomic E-state index is 12.2. The van der Waals surface area contributed by atoms with Crippen molar-refractivity contribution in [1.82, 2.24) is 4.72 Å². The minimum Gasteiger partial charge on any atom is -0.493 e. The second-order valence-electron chi connectivity index (χ2n) is 4.22. The summed E-state index contributed by atoms with van der Waals surface area (Å²) < 4.78 is 42.2. The van der Waals surface area contributed by atoms with Crippen LogP contribution in [0.25, 0.3) is 0 Å². The van der Waals surface area contributed by atoms with Gasteiger partial charge < -0.3 is 14.2 Å². The van der Waals surface area contributed by atoms with Crippen molar-refractivity contribution in [3.8, 4) is 11.5 Å². The summed E-state index contributed by atoms with van der Waals surface area (Å²) in [5, 5.41) is 0. The van der Waals surface area contributed by atoms with Gasteiger partial charge in [-0.1, -0.05) is 0 Å². The highest BCUT2D eigenvalue weighted by molar-refractivity contribution is 7.89. The van der Waals surface area contributed by atoms with Crippen LogP contribution in [0.4, 0.5) is 0 Å². The Hall–Kier alpha value is -1.31. The lowest BCUT2D eigenvalue weighted by Gasteiger charge is -2.13. The molecule has 1 N–H and O–H groups in total. The Balaban J connectivity index is 2.99. The molecule has 0 fully saturated rings. The minimum absolute atomic E-state index is 0.188. The van der Waals surface area contributed by atoms with Crippen LogP contribution in [0.1, 0.15) is 12.0 Å². The third kappa shape index (κ3) is 4.09. The van der Waals surface area contributed by atoms with Gasteiger partial charge >= 0.3 is 0 Å². The molecule has 0 aliphatic carbocycles. The van der Waals surface area contributed by atoms with Crippen molar-refractivity contribution in [2.75, 3.05) is 34.5 Å². The Morgan fingerprint density at radius 3 is 2.25 bits per heavy atom. The molecule has 0 saturated heterocycles. The molecule has 0 bridgehead atoms. The number of hydrogen-bond donors (Lipinski definition) is 1. The SMILES string of the molecule is COCCCNS(=O)(=O)c1cc(OC)c(OC)cc1C. The van der Waals surface area contributed by atoms with Crippen molar-refractivity contribution in [3.05, 3.63) is 17.7 Å². The molecule has 0 amide bonds. The first-order valence-corrected chi connectivity index (χ1v) is 7.65. The molecule has 0 unspecified atom stereocenters. The lowest BCUT2D eigenvalue weighted by molar-refractivity contribution is 0.196. The molecule has 20 heavy (non-hydrogen) atoms. The molecule has 114 valence electrons. The molecule has 1 aromatic rings. The summed E-state index contributed by atoms with van der Waals surface area (Å²) in [7, 11) is 0.983. The minimum atomic E-state index is -3.57. The highest BCUT2D eigenvalue weighted by Gasteiger charge is 2.19. The molecule has 0 spiro atoms. The lowest BCUT2D eigenvalue weighted by Crippen LogP contribution is -2.26. The second kappa shape index (κ2) is 7.47. The number of nitrogens with one attached hydrogen (secondary N) is 1. The van der Waals surface area contributed by atoms with Crippen molar-refractivity contribution in [3.63, 3.8) is 0 Å². The Morgan fingerprint density at radius 1 is 1.10 bits per heavy atom. The van der Waals surface area contributed by atoms with Crippen LogP contribution in [0.3, 0.4) is 0 Å². The average Bonchev–Trinajstić information content (AvgIpc) is 2.43. The number of hydrogen-bond acceptors (Lipinski definition) is 5. The van der Waals surface area contributed by atoms with E-state index in [0.717, 1.165) is 0 Å². The van der Waals surface area contributed by atoms with E-state index in [1.807, 2.05) is 0 Å². The molecule has 0 atom stereocenters. The van der Waals surface area contributed by atoms with Crippen molar-refractivity contribution in [2.24, 2.45) is 0 Å². The zero-order valence-corrected chi connectivity index (χ0v) is 13.0. The highest BCUT2D eigenvalue weighted by Crippen LogP contribution is 2.32. The summed E-state index contributed by atoms with van der Waals surface area (Å²) in [5.41, 5.74) is 0.599. The number of benzene rings is 1. The second-order valence-corrected chi connectivity index (χ2v) is 5.95. The molecule has 0 aromatic heterocycles. The van der Waals surface area contributed by atoms with Crippen molar-refractivity contribution >= 4 is 10.0 Å². The van der Waals surface area contributed by atoms with Crippen LogP contribution in [-0.4, -0.2) is 42.9 Å². The van der Waals surface area contributed by atoms with Crippen LogP contribution < -0.4 is 14.2 Å². The Morgan fingerprint density at radius 2 is 1.70 bits per heavy atom. The van der Waals surface area contributed by atoms with E-state index in [9.17, 15) is 8.42 Å².